The number of carbonyl (C=O) groups excluding carboxylic acids is 2. The summed E-state index contributed by atoms with van der Waals surface area (Å²) < 4.78 is 18.2. The van der Waals surface area contributed by atoms with Gasteiger partial charge in [-0.3, -0.25) is 14.4 Å². The fraction of sp³-hybridized carbons (Fsp3) is 0.294. The molecule has 1 aromatic carbocycles. The first-order valence-electron chi connectivity index (χ1n) is 8.08. The van der Waals surface area contributed by atoms with Crippen LogP contribution < -0.4 is 20.9 Å². The van der Waals surface area contributed by atoms with Crippen LogP contribution >= 0.6 is 0 Å². The summed E-state index contributed by atoms with van der Waals surface area (Å²) >= 11 is 0. The number of aromatic nitrogens is 2. The van der Waals surface area contributed by atoms with E-state index in [2.05, 4.69) is 20.6 Å². The van der Waals surface area contributed by atoms with Crippen LogP contribution in [0, 0.1) is 5.82 Å². The van der Waals surface area contributed by atoms with E-state index in [1.165, 1.54) is 24.3 Å². The normalized spacial score (nSPS) is 16.7. The van der Waals surface area contributed by atoms with Gasteiger partial charge in [0.2, 0.25) is 5.91 Å². The second kappa shape index (κ2) is 7.77. The number of piperidine rings is 1. The molecular formula is C17H17FN4O4. The van der Waals surface area contributed by atoms with Gasteiger partial charge in [0.1, 0.15) is 35.6 Å². The fourth-order valence-electron chi connectivity index (χ4n) is 2.50. The Morgan fingerprint density at radius 3 is 2.77 bits per heavy atom. The Morgan fingerprint density at radius 2 is 2.08 bits per heavy atom. The van der Waals surface area contributed by atoms with Gasteiger partial charge in [-0.25, -0.2) is 9.37 Å². The summed E-state index contributed by atoms with van der Waals surface area (Å²) in [7, 11) is 0. The summed E-state index contributed by atoms with van der Waals surface area (Å²) in [5.74, 6) is -0.679. The van der Waals surface area contributed by atoms with Crippen LogP contribution in [0.1, 0.15) is 29.0 Å². The number of rotatable bonds is 5. The molecule has 0 radical (unpaired) electrons. The van der Waals surface area contributed by atoms with Crippen molar-refractivity contribution in [1.82, 2.24) is 20.6 Å². The number of H-pyrrole nitrogens is 1. The molecule has 1 saturated heterocycles. The van der Waals surface area contributed by atoms with Crippen molar-refractivity contribution in [2.75, 3.05) is 6.54 Å². The predicted molar refractivity (Wildman–Crippen MR) is 89.1 cm³/mol. The lowest BCUT2D eigenvalue weighted by Crippen LogP contribution is -2.50. The number of carbonyl (C=O) groups is 2. The van der Waals surface area contributed by atoms with Crippen LogP contribution in [0.4, 0.5) is 4.39 Å². The summed E-state index contributed by atoms with van der Waals surface area (Å²) in [6.45, 7) is 0.532. The Labute approximate surface area is 147 Å². The zero-order valence-electron chi connectivity index (χ0n) is 13.8. The molecule has 1 aliphatic heterocycles. The first kappa shape index (κ1) is 17.6. The molecule has 0 saturated carbocycles. The van der Waals surface area contributed by atoms with E-state index >= 15 is 0 Å². The molecule has 1 atom stereocenters. The van der Waals surface area contributed by atoms with E-state index in [4.69, 9.17) is 4.74 Å². The SMILES string of the molecule is O=C(NC1CCCNC1=O)c1cnc(COc2ccc(F)cc2)[nH]c1=O. The zero-order chi connectivity index (χ0) is 18.5. The summed E-state index contributed by atoms with van der Waals surface area (Å²) in [5.41, 5.74) is -0.819. The molecule has 0 spiro atoms. The second-order valence-electron chi connectivity index (χ2n) is 5.77. The summed E-state index contributed by atoms with van der Waals surface area (Å²) in [4.78, 5) is 42.4. The van der Waals surface area contributed by atoms with Gasteiger partial charge in [-0.1, -0.05) is 0 Å². The van der Waals surface area contributed by atoms with Crippen LogP contribution in [0.15, 0.2) is 35.3 Å². The van der Waals surface area contributed by atoms with Crippen molar-refractivity contribution in [3.05, 3.63) is 58.0 Å². The molecule has 0 aliphatic carbocycles. The highest BCUT2D eigenvalue weighted by Crippen LogP contribution is 2.12. The quantitative estimate of drug-likeness (QED) is 0.718. The van der Waals surface area contributed by atoms with E-state index in [0.717, 1.165) is 12.6 Å². The number of hydrogen-bond donors (Lipinski definition) is 3. The molecule has 26 heavy (non-hydrogen) atoms. The zero-order valence-corrected chi connectivity index (χ0v) is 13.8. The minimum atomic E-state index is -0.660. The number of hydrogen-bond acceptors (Lipinski definition) is 5. The minimum absolute atomic E-state index is 0.0478. The minimum Gasteiger partial charge on any atom is -0.486 e. The van der Waals surface area contributed by atoms with Crippen molar-refractivity contribution >= 4 is 11.8 Å². The molecule has 2 aromatic rings. The highest BCUT2D eigenvalue weighted by Gasteiger charge is 2.25. The number of benzene rings is 1. The maximum Gasteiger partial charge on any atom is 0.263 e. The van der Waals surface area contributed by atoms with Crippen LogP contribution in [0.5, 0.6) is 5.75 Å². The number of amides is 2. The van der Waals surface area contributed by atoms with Gasteiger partial charge in [0.15, 0.2) is 0 Å². The average Bonchev–Trinajstić information content (AvgIpc) is 2.63. The highest BCUT2D eigenvalue weighted by atomic mass is 19.1. The monoisotopic (exact) mass is 360 g/mol. The maximum absolute atomic E-state index is 12.8. The molecule has 1 aliphatic rings. The third-order valence-electron chi connectivity index (χ3n) is 3.88. The van der Waals surface area contributed by atoms with Crippen LogP contribution in [-0.2, 0) is 11.4 Å². The van der Waals surface area contributed by atoms with Gasteiger partial charge in [-0.15, -0.1) is 0 Å². The second-order valence-corrected chi connectivity index (χ2v) is 5.77. The van der Waals surface area contributed by atoms with Crippen molar-refractivity contribution < 1.29 is 18.7 Å². The number of ether oxygens (including phenoxy) is 1. The van der Waals surface area contributed by atoms with E-state index < -0.39 is 17.5 Å². The van der Waals surface area contributed by atoms with Gasteiger partial charge in [-0.05, 0) is 37.1 Å². The average molecular weight is 360 g/mol. The van der Waals surface area contributed by atoms with E-state index in [-0.39, 0.29) is 29.7 Å². The van der Waals surface area contributed by atoms with Crippen molar-refractivity contribution in [2.45, 2.75) is 25.5 Å². The van der Waals surface area contributed by atoms with Crippen LogP contribution in [-0.4, -0.2) is 34.4 Å². The largest absolute Gasteiger partial charge is 0.486 e. The first-order chi connectivity index (χ1) is 12.5. The smallest absolute Gasteiger partial charge is 0.263 e. The topological polar surface area (TPSA) is 113 Å². The first-order valence-corrected chi connectivity index (χ1v) is 8.08. The van der Waals surface area contributed by atoms with Gasteiger partial charge >= 0.3 is 0 Å². The van der Waals surface area contributed by atoms with E-state index in [0.29, 0.717) is 18.7 Å². The van der Waals surface area contributed by atoms with Gasteiger partial charge in [-0.2, -0.15) is 0 Å². The van der Waals surface area contributed by atoms with Gasteiger partial charge in [0.05, 0.1) is 0 Å². The lowest BCUT2D eigenvalue weighted by Gasteiger charge is -2.22. The molecule has 136 valence electrons. The van der Waals surface area contributed by atoms with Gasteiger partial charge < -0.3 is 20.4 Å². The molecule has 1 unspecified atom stereocenters. The molecule has 2 heterocycles. The van der Waals surface area contributed by atoms with Crippen molar-refractivity contribution in [2.24, 2.45) is 0 Å². The standard InChI is InChI=1S/C17H17FN4O4/c18-10-3-5-11(6-4-10)26-9-14-20-8-12(16(24)22-14)15(23)21-13-2-1-7-19-17(13)25/h3-6,8,13H,1-2,7,9H2,(H,19,25)(H,21,23)(H,20,22,24). The predicted octanol–water partition coefficient (Wildman–Crippen LogP) is 0.496. The molecular weight excluding hydrogens is 343 g/mol. The van der Waals surface area contributed by atoms with E-state index in [1.807, 2.05) is 0 Å². The molecule has 0 bridgehead atoms. The van der Waals surface area contributed by atoms with Crippen molar-refractivity contribution in [3.8, 4) is 5.75 Å². The molecule has 1 aromatic heterocycles. The molecule has 1 fully saturated rings. The van der Waals surface area contributed by atoms with Crippen LogP contribution in [0.25, 0.3) is 0 Å². The van der Waals surface area contributed by atoms with Crippen LogP contribution in [0.2, 0.25) is 0 Å². The van der Waals surface area contributed by atoms with E-state index in [9.17, 15) is 18.8 Å². The van der Waals surface area contributed by atoms with E-state index in [1.54, 1.807) is 0 Å². The third-order valence-corrected chi connectivity index (χ3v) is 3.88. The fourth-order valence-corrected chi connectivity index (χ4v) is 2.50. The summed E-state index contributed by atoms with van der Waals surface area (Å²) in [6, 6.07) is 4.74. The molecule has 2 amide bonds. The van der Waals surface area contributed by atoms with Crippen molar-refractivity contribution in [3.63, 3.8) is 0 Å². The molecule has 8 nitrogen and oxygen atoms in total. The Balaban J connectivity index is 1.63. The van der Waals surface area contributed by atoms with Crippen LogP contribution in [0.3, 0.4) is 0 Å². The lowest BCUT2D eigenvalue weighted by molar-refractivity contribution is -0.124. The molecule has 3 rings (SSSR count). The number of halogens is 1. The Kier molecular flexibility index (Phi) is 5.26. The van der Waals surface area contributed by atoms with Gasteiger partial charge in [0.25, 0.3) is 11.5 Å². The molecule has 3 N–H and O–H groups in total. The Hall–Kier alpha value is -3.23. The number of nitrogens with zero attached hydrogens (tertiary/aromatic N) is 1. The van der Waals surface area contributed by atoms with Crippen molar-refractivity contribution in [1.29, 1.82) is 0 Å². The third kappa shape index (κ3) is 4.24. The highest BCUT2D eigenvalue weighted by molar-refractivity contribution is 5.97. The Bertz CT molecular complexity index is 866. The number of nitrogens with one attached hydrogen (secondary N) is 3. The Morgan fingerprint density at radius 1 is 1.31 bits per heavy atom. The van der Waals surface area contributed by atoms with Gasteiger partial charge in [0, 0.05) is 12.7 Å². The number of aromatic amines is 1. The lowest BCUT2D eigenvalue weighted by atomic mass is 10.1. The summed E-state index contributed by atoms with van der Waals surface area (Å²) in [5, 5.41) is 5.18. The maximum atomic E-state index is 12.8. The summed E-state index contributed by atoms with van der Waals surface area (Å²) in [6.07, 6.45) is 2.41. The molecule has 9 heteroatoms.